The Morgan fingerprint density at radius 1 is 1.16 bits per heavy atom. The molecule has 0 spiro atoms. The number of aromatic amines is 1. The van der Waals surface area contributed by atoms with Gasteiger partial charge >= 0.3 is 0 Å². The van der Waals surface area contributed by atoms with Crippen molar-refractivity contribution in [3.63, 3.8) is 0 Å². The molecule has 4 aromatic rings. The maximum Gasteiger partial charge on any atom is 0.268 e. The second kappa shape index (κ2) is 9.28. The van der Waals surface area contributed by atoms with E-state index >= 15 is 0 Å². The van der Waals surface area contributed by atoms with Gasteiger partial charge in [-0.1, -0.05) is 12.1 Å². The summed E-state index contributed by atoms with van der Waals surface area (Å²) in [5, 5.41) is 0. The van der Waals surface area contributed by atoms with Gasteiger partial charge in [0.25, 0.3) is 5.56 Å². The molecule has 1 N–H and O–H groups in total. The molecule has 0 fully saturated rings. The van der Waals surface area contributed by atoms with E-state index in [1.807, 2.05) is 42.3 Å². The molecule has 0 radical (unpaired) electrons. The van der Waals surface area contributed by atoms with Crippen LogP contribution >= 0.6 is 11.3 Å². The Kier molecular flexibility index (Phi) is 6.29. The van der Waals surface area contributed by atoms with Gasteiger partial charge in [-0.3, -0.25) is 9.69 Å². The maximum absolute atomic E-state index is 13.6. The predicted molar refractivity (Wildman–Crippen MR) is 120 cm³/mol. The summed E-state index contributed by atoms with van der Waals surface area (Å²) >= 11 is 1.41. The van der Waals surface area contributed by atoms with Crippen LogP contribution in [0.5, 0.6) is 11.5 Å². The first-order valence-electron chi connectivity index (χ1n) is 9.76. The van der Waals surface area contributed by atoms with Crippen LogP contribution in [-0.4, -0.2) is 42.2 Å². The van der Waals surface area contributed by atoms with E-state index in [0.717, 1.165) is 16.2 Å². The number of ether oxygens (including phenoxy) is 2. The van der Waals surface area contributed by atoms with Crippen molar-refractivity contribution in [3.05, 3.63) is 76.6 Å². The molecule has 160 valence electrons. The Hall–Kier alpha value is -3.23. The van der Waals surface area contributed by atoms with Crippen molar-refractivity contribution in [1.82, 2.24) is 14.9 Å². The zero-order valence-corrected chi connectivity index (χ0v) is 18.0. The van der Waals surface area contributed by atoms with Gasteiger partial charge in [-0.2, -0.15) is 0 Å². The van der Waals surface area contributed by atoms with Crippen LogP contribution in [0.15, 0.2) is 59.4 Å². The number of para-hydroxylation sites is 1. The fraction of sp³-hybridized carbons (Fsp3) is 0.217. The minimum absolute atomic E-state index is 0.152. The van der Waals surface area contributed by atoms with Crippen molar-refractivity contribution in [2.24, 2.45) is 0 Å². The van der Waals surface area contributed by atoms with Crippen LogP contribution in [0.2, 0.25) is 0 Å². The highest BCUT2D eigenvalue weighted by atomic mass is 32.1. The number of nitrogens with one attached hydrogen (secondary N) is 1. The van der Waals surface area contributed by atoms with Crippen molar-refractivity contribution in [1.29, 1.82) is 0 Å². The lowest BCUT2D eigenvalue weighted by atomic mass is 10.2. The summed E-state index contributed by atoms with van der Waals surface area (Å²) in [5.41, 5.74) is 1.53. The van der Waals surface area contributed by atoms with Gasteiger partial charge in [0.15, 0.2) is 11.6 Å². The number of methoxy groups -OCH3 is 1. The normalized spacial score (nSPS) is 11.2. The quantitative estimate of drug-likeness (QED) is 0.443. The Bertz CT molecular complexity index is 1240. The maximum atomic E-state index is 13.6. The SMILES string of the molecule is COc1ccc(-c2cc3nc(CN(C)CCOc4ccccc4F)[nH]c(=O)c3s2)cc1. The molecule has 0 atom stereocenters. The van der Waals surface area contributed by atoms with Gasteiger partial charge in [0.1, 0.15) is 22.9 Å². The lowest BCUT2D eigenvalue weighted by Crippen LogP contribution is -2.26. The average molecular weight is 440 g/mol. The van der Waals surface area contributed by atoms with E-state index in [9.17, 15) is 9.18 Å². The van der Waals surface area contributed by atoms with Crippen LogP contribution in [0.25, 0.3) is 20.7 Å². The first-order valence-corrected chi connectivity index (χ1v) is 10.6. The fourth-order valence-corrected chi connectivity index (χ4v) is 4.17. The Labute approximate surface area is 182 Å². The zero-order chi connectivity index (χ0) is 21.8. The number of hydrogen-bond donors (Lipinski definition) is 1. The van der Waals surface area contributed by atoms with E-state index < -0.39 is 0 Å². The van der Waals surface area contributed by atoms with Crippen LogP contribution in [0.1, 0.15) is 5.82 Å². The molecule has 0 aliphatic carbocycles. The average Bonchev–Trinajstić information content (AvgIpc) is 3.20. The molecular formula is C23H22FN3O3S. The first kappa shape index (κ1) is 21.0. The van der Waals surface area contributed by atoms with Gasteiger partial charge in [0.2, 0.25) is 0 Å². The van der Waals surface area contributed by atoms with Gasteiger partial charge in [0, 0.05) is 11.4 Å². The third-order valence-electron chi connectivity index (χ3n) is 4.79. The fourth-order valence-electron chi connectivity index (χ4n) is 3.17. The van der Waals surface area contributed by atoms with Gasteiger partial charge in [0.05, 0.1) is 19.2 Å². The Morgan fingerprint density at radius 3 is 2.68 bits per heavy atom. The molecule has 0 saturated heterocycles. The summed E-state index contributed by atoms with van der Waals surface area (Å²) in [7, 11) is 3.52. The van der Waals surface area contributed by atoms with E-state index in [1.165, 1.54) is 17.4 Å². The van der Waals surface area contributed by atoms with Crippen LogP contribution in [0, 0.1) is 5.82 Å². The lowest BCUT2D eigenvalue weighted by Gasteiger charge is -2.16. The summed E-state index contributed by atoms with van der Waals surface area (Å²) in [6.07, 6.45) is 0. The number of nitrogens with zero attached hydrogens (tertiary/aromatic N) is 2. The van der Waals surface area contributed by atoms with Crippen molar-refractivity contribution in [3.8, 4) is 21.9 Å². The third kappa shape index (κ3) is 4.92. The van der Waals surface area contributed by atoms with E-state index in [0.29, 0.717) is 35.7 Å². The molecule has 0 unspecified atom stereocenters. The first-order chi connectivity index (χ1) is 15.0. The van der Waals surface area contributed by atoms with E-state index in [2.05, 4.69) is 9.97 Å². The molecule has 2 aromatic carbocycles. The van der Waals surface area contributed by atoms with Crippen LogP contribution in [0.3, 0.4) is 0 Å². The van der Waals surface area contributed by atoms with E-state index in [4.69, 9.17) is 9.47 Å². The van der Waals surface area contributed by atoms with Crippen molar-refractivity contribution in [2.75, 3.05) is 27.3 Å². The topological polar surface area (TPSA) is 67.5 Å². The van der Waals surface area contributed by atoms with Gasteiger partial charge in [-0.15, -0.1) is 11.3 Å². The molecule has 4 rings (SSSR count). The number of aromatic nitrogens is 2. The monoisotopic (exact) mass is 439 g/mol. The molecule has 0 amide bonds. The molecule has 6 nitrogen and oxygen atoms in total. The van der Waals surface area contributed by atoms with Crippen LogP contribution in [0.4, 0.5) is 4.39 Å². The van der Waals surface area contributed by atoms with Crippen molar-refractivity contribution < 1.29 is 13.9 Å². The highest BCUT2D eigenvalue weighted by molar-refractivity contribution is 7.22. The molecule has 0 aliphatic heterocycles. The number of thiophene rings is 1. The summed E-state index contributed by atoms with van der Waals surface area (Å²) in [6.45, 7) is 1.32. The highest BCUT2D eigenvalue weighted by Gasteiger charge is 2.12. The number of halogens is 1. The van der Waals surface area contributed by atoms with Crippen molar-refractivity contribution >= 4 is 21.6 Å². The minimum Gasteiger partial charge on any atom is -0.497 e. The highest BCUT2D eigenvalue weighted by Crippen LogP contribution is 2.31. The molecule has 31 heavy (non-hydrogen) atoms. The number of hydrogen-bond acceptors (Lipinski definition) is 6. The summed E-state index contributed by atoms with van der Waals surface area (Å²) in [4.78, 5) is 23.0. The summed E-state index contributed by atoms with van der Waals surface area (Å²) in [6, 6.07) is 15.9. The van der Waals surface area contributed by atoms with Gasteiger partial charge in [-0.05, 0) is 55.1 Å². The van der Waals surface area contributed by atoms with Crippen LogP contribution in [-0.2, 0) is 6.54 Å². The number of H-pyrrole nitrogens is 1. The largest absolute Gasteiger partial charge is 0.497 e. The molecule has 2 heterocycles. The zero-order valence-electron chi connectivity index (χ0n) is 17.2. The van der Waals surface area contributed by atoms with Crippen molar-refractivity contribution in [2.45, 2.75) is 6.54 Å². The number of rotatable bonds is 8. The molecule has 8 heteroatoms. The number of benzene rings is 2. The lowest BCUT2D eigenvalue weighted by molar-refractivity contribution is 0.224. The second-order valence-electron chi connectivity index (χ2n) is 7.08. The Balaban J connectivity index is 1.44. The van der Waals surface area contributed by atoms with E-state index in [-0.39, 0.29) is 17.1 Å². The Morgan fingerprint density at radius 2 is 1.94 bits per heavy atom. The van der Waals surface area contributed by atoms with Crippen LogP contribution < -0.4 is 15.0 Å². The molecule has 0 aliphatic rings. The summed E-state index contributed by atoms with van der Waals surface area (Å²) < 4.78 is 24.9. The third-order valence-corrected chi connectivity index (χ3v) is 5.97. The summed E-state index contributed by atoms with van der Waals surface area (Å²) in [5.74, 6) is 1.20. The van der Waals surface area contributed by atoms with Gasteiger partial charge in [-0.25, -0.2) is 9.37 Å². The molecular weight excluding hydrogens is 417 g/mol. The standard InChI is InChI=1S/C23H22FN3O3S/c1-27(11-12-30-19-6-4-3-5-17(19)24)14-21-25-18-13-20(31-22(18)23(28)26-21)15-7-9-16(29-2)10-8-15/h3-10,13H,11-12,14H2,1-2H3,(H,25,26,28). The number of likely N-dealkylation sites (N-methyl/N-ethyl adjacent to an activating group) is 1. The second-order valence-corrected chi connectivity index (χ2v) is 8.14. The predicted octanol–water partition coefficient (Wildman–Crippen LogP) is 4.31. The molecule has 0 bridgehead atoms. The molecule has 0 saturated carbocycles. The number of fused-ring (bicyclic) bond motifs is 1. The minimum atomic E-state index is -0.383. The van der Waals surface area contributed by atoms with Gasteiger partial charge < -0.3 is 14.5 Å². The van der Waals surface area contributed by atoms with E-state index in [1.54, 1.807) is 25.3 Å². The smallest absolute Gasteiger partial charge is 0.268 e. The molecule has 2 aromatic heterocycles.